The Morgan fingerprint density at radius 2 is 1.88 bits per heavy atom. The first kappa shape index (κ1) is 25.5. The van der Waals surface area contributed by atoms with E-state index in [2.05, 4.69) is 11.0 Å². The second-order valence-corrected chi connectivity index (χ2v) is 9.86. The lowest BCUT2D eigenvalue weighted by molar-refractivity contribution is -0.122. The Balaban J connectivity index is 2.07. The van der Waals surface area contributed by atoms with Gasteiger partial charge in [-0.3, -0.25) is 19.1 Å². The molecule has 1 amide bonds. The maximum atomic E-state index is 13.2. The molecule has 7 nitrogen and oxygen atoms in total. The lowest BCUT2D eigenvalue weighted by Gasteiger charge is -2.29. The summed E-state index contributed by atoms with van der Waals surface area (Å²) in [6.07, 6.45) is 6.99. The van der Waals surface area contributed by atoms with Gasteiger partial charge in [-0.15, -0.1) is 0 Å². The van der Waals surface area contributed by atoms with E-state index in [1.807, 2.05) is 19.9 Å². The van der Waals surface area contributed by atoms with Gasteiger partial charge in [0.2, 0.25) is 0 Å². The van der Waals surface area contributed by atoms with E-state index >= 15 is 0 Å². The molecule has 0 atom stereocenters. The van der Waals surface area contributed by atoms with Gasteiger partial charge in [-0.25, -0.2) is 0 Å². The van der Waals surface area contributed by atoms with Crippen LogP contribution in [0, 0.1) is 18.3 Å². The van der Waals surface area contributed by atoms with Crippen LogP contribution >= 0.6 is 24.0 Å². The predicted molar refractivity (Wildman–Crippen MR) is 137 cm³/mol. The molecule has 33 heavy (non-hydrogen) atoms. The normalized spacial score (nSPS) is 18.2. The highest BCUT2D eigenvalue weighted by Gasteiger charge is 2.33. The highest BCUT2D eigenvalue weighted by Crippen LogP contribution is 2.36. The summed E-state index contributed by atoms with van der Waals surface area (Å²) in [4.78, 5) is 30.7. The highest BCUT2D eigenvalue weighted by atomic mass is 32.2. The fourth-order valence-corrected chi connectivity index (χ4v) is 5.64. The van der Waals surface area contributed by atoms with Crippen molar-refractivity contribution >= 4 is 46.1 Å². The molecule has 0 saturated carbocycles. The molecule has 0 bridgehead atoms. The van der Waals surface area contributed by atoms with Crippen LogP contribution < -0.4 is 10.5 Å². The zero-order valence-corrected chi connectivity index (χ0v) is 21.3. The first-order valence-corrected chi connectivity index (χ1v) is 12.9. The van der Waals surface area contributed by atoms with E-state index in [4.69, 9.17) is 17.0 Å². The van der Waals surface area contributed by atoms with Gasteiger partial charge in [-0.2, -0.15) is 5.26 Å². The van der Waals surface area contributed by atoms with E-state index in [-0.39, 0.29) is 17.0 Å². The third-order valence-corrected chi connectivity index (χ3v) is 7.47. The third-order valence-electron chi connectivity index (χ3n) is 6.09. The number of carbonyl (C=O) groups excluding carboxylic acids is 1. The average molecular weight is 489 g/mol. The number of ether oxygens (including phenoxy) is 1. The van der Waals surface area contributed by atoms with Gasteiger partial charge in [0.25, 0.3) is 11.5 Å². The molecule has 2 aliphatic rings. The summed E-state index contributed by atoms with van der Waals surface area (Å²) in [5.41, 5.74) is 1.25. The number of amides is 1. The van der Waals surface area contributed by atoms with Crippen molar-refractivity contribution in [1.29, 1.82) is 5.26 Å². The van der Waals surface area contributed by atoms with Crippen molar-refractivity contribution in [3.8, 4) is 6.07 Å². The van der Waals surface area contributed by atoms with E-state index in [9.17, 15) is 14.9 Å². The zero-order valence-electron chi connectivity index (χ0n) is 19.7. The molecular formula is C24H32N4O3S2. The number of nitrogens with zero attached hydrogens (tertiary/aromatic N) is 4. The molecule has 0 N–H and O–H groups in total. The maximum Gasteiger partial charge on any atom is 0.270 e. The molecule has 3 rings (SSSR count). The molecule has 1 aromatic heterocycles. The zero-order chi connectivity index (χ0) is 24.0. The minimum Gasteiger partial charge on any atom is -0.382 e. The molecule has 0 aromatic carbocycles. The van der Waals surface area contributed by atoms with Crippen LogP contribution in [0.3, 0.4) is 0 Å². The number of thioether (sulfide) groups is 1. The van der Waals surface area contributed by atoms with Gasteiger partial charge in [-0.1, -0.05) is 36.8 Å². The molecule has 178 valence electrons. The van der Waals surface area contributed by atoms with Crippen LogP contribution in [0.4, 0.5) is 5.82 Å². The number of nitriles is 1. The topological polar surface area (TPSA) is 78.6 Å². The summed E-state index contributed by atoms with van der Waals surface area (Å²) in [6, 6.07) is 2.09. The van der Waals surface area contributed by atoms with Crippen LogP contribution in [0.25, 0.3) is 6.08 Å². The average Bonchev–Trinajstić information content (AvgIpc) is 2.97. The number of thiocarbonyl (C=S) groups is 1. The monoisotopic (exact) mass is 488 g/mol. The van der Waals surface area contributed by atoms with E-state index < -0.39 is 0 Å². The summed E-state index contributed by atoms with van der Waals surface area (Å²) < 4.78 is 7.60. The Hall–Kier alpha value is -2.15. The number of rotatable bonds is 8. The molecule has 1 aromatic rings. The Morgan fingerprint density at radius 1 is 1.18 bits per heavy atom. The van der Waals surface area contributed by atoms with Crippen LogP contribution in [0.2, 0.25) is 0 Å². The standard InChI is InChI=1S/C24H32N4O3S2/c1-4-27-21(26-11-8-6-7-9-12-26)18(17(3)19(16-25)22(27)29)15-20-23(30)28(24(32)33-20)13-10-14-31-5-2/h15H,4-14H2,1-3H3/b20-15-. The van der Waals surface area contributed by atoms with Crippen LogP contribution in [0.15, 0.2) is 9.70 Å². The number of pyridine rings is 1. The molecule has 0 radical (unpaired) electrons. The van der Waals surface area contributed by atoms with Crippen molar-refractivity contribution < 1.29 is 9.53 Å². The van der Waals surface area contributed by atoms with Gasteiger partial charge in [0.15, 0.2) is 0 Å². The van der Waals surface area contributed by atoms with Gasteiger partial charge in [0, 0.05) is 45.0 Å². The first-order chi connectivity index (χ1) is 15.9. The van der Waals surface area contributed by atoms with Gasteiger partial charge in [0.1, 0.15) is 21.8 Å². The van der Waals surface area contributed by atoms with Crippen LogP contribution in [-0.2, 0) is 16.1 Å². The minimum atomic E-state index is -0.266. The van der Waals surface area contributed by atoms with Crippen molar-refractivity contribution in [1.82, 2.24) is 9.47 Å². The molecule has 2 saturated heterocycles. The molecule has 0 spiro atoms. The van der Waals surface area contributed by atoms with E-state index in [1.165, 1.54) is 11.8 Å². The fraction of sp³-hybridized carbons (Fsp3) is 0.583. The van der Waals surface area contributed by atoms with Gasteiger partial charge in [-0.05, 0) is 51.7 Å². The maximum absolute atomic E-state index is 13.2. The molecule has 2 aliphatic heterocycles. The smallest absolute Gasteiger partial charge is 0.270 e. The third kappa shape index (κ3) is 5.51. The van der Waals surface area contributed by atoms with Gasteiger partial charge >= 0.3 is 0 Å². The second kappa shape index (κ2) is 11.8. The quantitative estimate of drug-likeness (QED) is 0.310. The fourth-order valence-electron chi connectivity index (χ4n) is 4.35. The van der Waals surface area contributed by atoms with Crippen LogP contribution in [0.1, 0.15) is 62.6 Å². The molecular weight excluding hydrogens is 456 g/mol. The van der Waals surface area contributed by atoms with Crippen LogP contribution in [0.5, 0.6) is 0 Å². The van der Waals surface area contributed by atoms with Crippen molar-refractivity contribution in [3.05, 3.63) is 31.9 Å². The number of hydrogen-bond donors (Lipinski definition) is 0. The van der Waals surface area contributed by atoms with E-state index in [0.717, 1.165) is 50.2 Å². The first-order valence-electron chi connectivity index (χ1n) is 11.7. The number of hydrogen-bond acceptors (Lipinski definition) is 7. The number of anilines is 1. The lowest BCUT2D eigenvalue weighted by atomic mass is 10.0. The van der Waals surface area contributed by atoms with Crippen molar-refractivity contribution in [3.63, 3.8) is 0 Å². The molecule has 2 fully saturated rings. The number of aromatic nitrogens is 1. The SMILES string of the molecule is CCOCCCN1C(=O)/C(=C/c2c(C)c(C#N)c(=O)n(CC)c2N2CCCCCC2)SC1=S. The molecule has 0 unspecified atom stereocenters. The summed E-state index contributed by atoms with van der Waals surface area (Å²) in [5, 5.41) is 9.72. The Kier molecular flexibility index (Phi) is 9.12. The minimum absolute atomic E-state index is 0.129. The highest BCUT2D eigenvalue weighted by molar-refractivity contribution is 8.26. The largest absolute Gasteiger partial charge is 0.382 e. The Morgan fingerprint density at radius 3 is 2.48 bits per heavy atom. The lowest BCUT2D eigenvalue weighted by Crippen LogP contribution is -2.35. The molecule has 0 aliphatic carbocycles. The number of carbonyl (C=O) groups is 1. The predicted octanol–water partition coefficient (Wildman–Crippen LogP) is 4.06. The van der Waals surface area contributed by atoms with E-state index in [1.54, 1.807) is 16.4 Å². The van der Waals surface area contributed by atoms with Crippen molar-refractivity contribution in [2.45, 2.75) is 59.4 Å². The summed E-state index contributed by atoms with van der Waals surface area (Å²) in [6.45, 7) is 9.56. The van der Waals surface area contributed by atoms with Crippen LogP contribution in [-0.4, -0.2) is 52.5 Å². The van der Waals surface area contributed by atoms with Crippen molar-refractivity contribution in [2.24, 2.45) is 0 Å². The second-order valence-electron chi connectivity index (χ2n) is 8.18. The molecule has 9 heteroatoms. The van der Waals surface area contributed by atoms with Crippen molar-refractivity contribution in [2.75, 3.05) is 37.7 Å². The summed E-state index contributed by atoms with van der Waals surface area (Å²) in [5.74, 6) is 0.679. The molecule has 3 heterocycles. The summed E-state index contributed by atoms with van der Waals surface area (Å²) >= 11 is 6.76. The summed E-state index contributed by atoms with van der Waals surface area (Å²) in [7, 11) is 0. The Bertz CT molecular complexity index is 1030. The van der Waals surface area contributed by atoms with Gasteiger partial charge < -0.3 is 9.64 Å². The van der Waals surface area contributed by atoms with Gasteiger partial charge in [0.05, 0.1) is 4.91 Å². The Labute approximate surface area is 205 Å². The van der Waals surface area contributed by atoms with E-state index in [0.29, 0.717) is 47.5 Å².